The summed E-state index contributed by atoms with van der Waals surface area (Å²) < 4.78 is 0. The third-order valence-corrected chi connectivity index (χ3v) is 2.54. The molecule has 0 saturated heterocycles. The van der Waals surface area contributed by atoms with Crippen LogP contribution in [0.2, 0.25) is 0 Å². The predicted octanol–water partition coefficient (Wildman–Crippen LogP) is 1.85. The Morgan fingerprint density at radius 3 is 2.12 bits per heavy atom. The molecular formula is C7H14N. The van der Waals surface area contributed by atoms with Crippen LogP contribution in [-0.4, -0.2) is 6.54 Å². The fraction of sp³-hybridized carbons (Fsp3) is 1.00. The molecule has 0 atom stereocenters. The van der Waals surface area contributed by atoms with Gasteiger partial charge in [-0.05, 0) is 24.7 Å². The maximum atomic E-state index is 7.21. The third kappa shape index (κ3) is 0.752. The fourth-order valence-corrected chi connectivity index (χ4v) is 1.33. The van der Waals surface area contributed by atoms with Gasteiger partial charge in [0.25, 0.3) is 0 Å². The van der Waals surface area contributed by atoms with Crippen LogP contribution in [0.5, 0.6) is 0 Å². The Hall–Kier alpha value is -0.0400. The molecule has 8 heavy (non-hydrogen) atoms. The van der Waals surface area contributed by atoms with Gasteiger partial charge in [-0.3, -0.25) is 5.73 Å². The molecule has 0 bridgehead atoms. The first-order valence-electron chi connectivity index (χ1n) is 3.47. The SMILES string of the molecule is CCC1(C[NH])CCC1. The molecule has 1 saturated carbocycles. The van der Waals surface area contributed by atoms with Crippen molar-refractivity contribution in [1.82, 2.24) is 5.73 Å². The Bertz CT molecular complexity index is 60.9. The summed E-state index contributed by atoms with van der Waals surface area (Å²) in [5, 5.41) is 0. The van der Waals surface area contributed by atoms with Crippen molar-refractivity contribution in [2.24, 2.45) is 5.41 Å². The van der Waals surface area contributed by atoms with Crippen LogP contribution < -0.4 is 5.73 Å². The van der Waals surface area contributed by atoms with Crippen LogP contribution in [0, 0.1) is 5.41 Å². The van der Waals surface area contributed by atoms with Crippen molar-refractivity contribution in [3.8, 4) is 0 Å². The van der Waals surface area contributed by atoms with E-state index in [0.717, 1.165) is 0 Å². The maximum Gasteiger partial charge on any atom is 0.0156 e. The molecular weight excluding hydrogens is 98.1 g/mol. The Balaban J connectivity index is 2.33. The van der Waals surface area contributed by atoms with E-state index in [2.05, 4.69) is 6.92 Å². The minimum absolute atomic E-state index is 0.472. The van der Waals surface area contributed by atoms with E-state index in [0.29, 0.717) is 12.0 Å². The number of nitrogens with one attached hydrogen (secondary N) is 1. The minimum atomic E-state index is 0.472. The van der Waals surface area contributed by atoms with Crippen molar-refractivity contribution >= 4 is 0 Å². The molecule has 0 amide bonds. The molecule has 0 unspecified atom stereocenters. The molecule has 1 fully saturated rings. The van der Waals surface area contributed by atoms with E-state index in [-0.39, 0.29) is 0 Å². The smallest absolute Gasteiger partial charge is 0.0156 e. The van der Waals surface area contributed by atoms with Crippen LogP contribution >= 0.6 is 0 Å². The lowest BCUT2D eigenvalue weighted by atomic mass is 9.67. The van der Waals surface area contributed by atoms with Gasteiger partial charge in [-0.2, -0.15) is 0 Å². The standard InChI is InChI=1S/C7H14N/c1-2-7(6-8)4-3-5-7/h8H,2-6H2,1H3. The molecule has 1 aliphatic carbocycles. The summed E-state index contributed by atoms with van der Waals surface area (Å²) in [6, 6.07) is 0. The minimum Gasteiger partial charge on any atom is -0.257 e. The topological polar surface area (TPSA) is 23.8 Å². The van der Waals surface area contributed by atoms with Crippen molar-refractivity contribution in [3.05, 3.63) is 0 Å². The lowest BCUT2D eigenvalue weighted by molar-refractivity contribution is 0.136. The summed E-state index contributed by atoms with van der Waals surface area (Å²) in [6.45, 7) is 2.86. The van der Waals surface area contributed by atoms with Crippen LogP contribution in [0.1, 0.15) is 32.6 Å². The first-order valence-corrected chi connectivity index (χ1v) is 3.47. The molecule has 1 N–H and O–H groups in total. The van der Waals surface area contributed by atoms with Gasteiger partial charge in [0, 0.05) is 6.54 Å². The average molecular weight is 112 g/mol. The first kappa shape index (κ1) is 6.09. The van der Waals surface area contributed by atoms with E-state index in [4.69, 9.17) is 5.73 Å². The van der Waals surface area contributed by atoms with Crippen LogP contribution in [0.4, 0.5) is 0 Å². The largest absolute Gasteiger partial charge is 0.257 e. The van der Waals surface area contributed by atoms with Crippen molar-refractivity contribution in [2.45, 2.75) is 32.6 Å². The van der Waals surface area contributed by atoms with Gasteiger partial charge in [0.2, 0.25) is 0 Å². The van der Waals surface area contributed by atoms with Crippen LogP contribution in [0.25, 0.3) is 0 Å². The van der Waals surface area contributed by atoms with Gasteiger partial charge in [0.05, 0.1) is 0 Å². The van der Waals surface area contributed by atoms with E-state index in [1.807, 2.05) is 0 Å². The molecule has 0 heterocycles. The van der Waals surface area contributed by atoms with E-state index < -0.39 is 0 Å². The Morgan fingerprint density at radius 1 is 1.50 bits per heavy atom. The molecule has 0 aromatic carbocycles. The quantitative estimate of drug-likeness (QED) is 0.520. The van der Waals surface area contributed by atoms with Gasteiger partial charge >= 0.3 is 0 Å². The Morgan fingerprint density at radius 2 is 2.12 bits per heavy atom. The van der Waals surface area contributed by atoms with Gasteiger partial charge in [0.1, 0.15) is 0 Å². The van der Waals surface area contributed by atoms with Gasteiger partial charge < -0.3 is 0 Å². The zero-order chi connectivity index (χ0) is 6.04. The van der Waals surface area contributed by atoms with Gasteiger partial charge in [-0.15, -0.1) is 0 Å². The number of hydrogen-bond donors (Lipinski definition) is 0. The van der Waals surface area contributed by atoms with Crippen molar-refractivity contribution in [2.75, 3.05) is 6.54 Å². The summed E-state index contributed by atoms with van der Waals surface area (Å²) in [5.74, 6) is 0. The summed E-state index contributed by atoms with van der Waals surface area (Å²) in [5.41, 5.74) is 7.68. The highest BCUT2D eigenvalue weighted by atomic mass is 14.6. The zero-order valence-corrected chi connectivity index (χ0v) is 5.54. The summed E-state index contributed by atoms with van der Waals surface area (Å²) in [6.07, 6.45) is 5.21. The Kier molecular flexibility index (Phi) is 1.57. The summed E-state index contributed by atoms with van der Waals surface area (Å²) in [4.78, 5) is 0. The van der Waals surface area contributed by atoms with Crippen LogP contribution in [0.3, 0.4) is 0 Å². The van der Waals surface area contributed by atoms with Crippen molar-refractivity contribution in [3.63, 3.8) is 0 Å². The second kappa shape index (κ2) is 2.06. The van der Waals surface area contributed by atoms with Crippen molar-refractivity contribution in [1.29, 1.82) is 0 Å². The second-order valence-corrected chi connectivity index (χ2v) is 2.88. The van der Waals surface area contributed by atoms with E-state index in [1.54, 1.807) is 0 Å². The second-order valence-electron chi connectivity index (χ2n) is 2.88. The molecule has 1 aliphatic rings. The highest BCUT2D eigenvalue weighted by Crippen LogP contribution is 2.42. The number of hydrogen-bond acceptors (Lipinski definition) is 0. The van der Waals surface area contributed by atoms with E-state index in [1.165, 1.54) is 25.7 Å². The molecule has 0 spiro atoms. The average Bonchev–Trinajstić information content (AvgIpc) is 1.67. The molecule has 47 valence electrons. The maximum absolute atomic E-state index is 7.21. The molecule has 1 radical (unpaired) electrons. The lowest BCUT2D eigenvalue weighted by Crippen LogP contribution is -2.32. The molecule has 1 heteroatoms. The van der Waals surface area contributed by atoms with E-state index in [9.17, 15) is 0 Å². The molecule has 0 aromatic heterocycles. The predicted molar refractivity (Wildman–Crippen MR) is 34.5 cm³/mol. The molecule has 0 aromatic rings. The summed E-state index contributed by atoms with van der Waals surface area (Å²) >= 11 is 0. The van der Waals surface area contributed by atoms with Crippen LogP contribution in [0.15, 0.2) is 0 Å². The fourth-order valence-electron chi connectivity index (χ4n) is 1.33. The first-order chi connectivity index (χ1) is 3.83. The molecule has 1 rings (SSSR count). The monoisotopic (exact) mass is 112 g/mol. The van der Waals surface area contributed by atoms with Gasteiger partial charge in [-0.25, -0.2) is 0 Å². The normalized spacial score (nSPS) is 24.8. The van der Waals surface area contributed by atoms with E-state index >= 15 is 0 Å². The third-order valence-electron chi connectivity index (χ3n) is 2.54. The van der Waals surface area contributed by atoms with Crippen molar-refractivity contribution < 1.29 is 0 Å². The zero-order valence-electron chi connectivity index (χ0n) is 5.54. The highest BCUT2D eigenvalue weighted by Gasteiger charge is 2.33. The van der Waals surface area contributed by atoms with Crippen LogP contribution in [-0.2, 0) is 0 Å². The number of rotatable bonds is 2. The Labute approximate surface area is 51.3 Å². The lowest BCUT2D eigenvalue weighted by Gasteiger charge is -2.39. The highest BCUT2D eigenvalue weighted by molar-refractivity contribution is 4.86. The van der Waals surface area contributed by atoms with Gasteiger partial charge in [0.15, 0.2) is 0 Å². The molecule has 1 nitrogen and oxygen atoms in total. The van der Waals surface area contributed by atoms with Gasteiger partial charge in [-0.1, -0.05) is 13.3 Å². The molecule has 0 aliphatic heterocycles. The summed E-state index contributed by atoms with van der Waals surface area (Å²) in [7, 11) is 0.